The van der Waals surface area contributed by atoms with Crippen LogP contribution in [0.15, 0.2) is 42.6 Å². The Kier molecular flexibility index (Phi) is 4.92. The van der Waals surface area contributed by atoms with Gasteiger partial charge in [0.05, 0.1) is 17.9 Å². The van der Waals surface area contributed by atoms with Crippen molar-refractivity contribution in [3.8, 4) is 0 Å². The minimum absolute atomic E-state index is 0.651. The molecule has 0 aliphatic carbocycles. The summed E-state index contributed by atoms with van der Waals surface area (Å²) in [4.78, 5) is 10.0. The molecule has 24 heavy (non-hydrogen) atoms. The number of hydrogen-bond acceptors (Lipinski definition) is 5. The maximum atomic E-state index is 10.5. The van der Waals surface area contributed by atoms with Gasteiger partial charge in [0.25, 0.3) is 0 Å². The van der Waals surface area contributed by atoms with E-state index >= 15 is 0 Å². The van der Waals surface area contributed by atoms with Crippen molar-refractivity contribution in [2.45, 2.75) is 33.4 Å². The van der Waals surface area contributed by atoms with Gasteiger partial charge in [0, 0.05) is 16.8 Å². The molecule has 5 heteroatoms. The molecule has 0 aliphatic rings. The zero-order valence-electron chi connectivity index (χ0n) is 14.1. The van der Waals surface area contributed by atoms with Gasteiger partial charge in [-0.3, -0.25) is 4.98 Å². The average Bonchev–Trinajstić information content (AvgIpc) is 2.92. The van der Waals surface area contributed by atoms with Crippen LogP contribution in [0.3, 0.4) is 0 Å². The molecule has 2 aromatic heterocycles. The van der Waals surface area contributed by atoms with Gasteiger partial charge >= 0.3 is 0 Å². The Morgan fingerprint density at radius 3 is 2.67 bits per heavy atom. The summed E-state index contributed by atoms with van der Waals surface area (Å²) in [6.45, 7) is 6.86. The number of nitrogens with one attached hydrogen (secondary N) is 1. The van der Waals surface area contributed by atoms with Crippen molar-refractivity contribution >= 4 is 17.0 Å². The number of thiazole rings is 1. The van der Waals surface area contributed by atoms with Crippen LogP contribution < -0.4 is 5.32 Å². The Morgan fingerprint density at radius 1 is 1.17 bits per heavy atom. The average molecular weight is 339 g/mol. The number of benzene rings is 1. The van der Waals surface area contributed by atoms with Gasteiger partial charge < -0.3 is 10.4 Å². The molecule has 4 nitrogen and oxygen atoms in total. The molecule has 0 fully saturated rings. The summed E-state index contributed by atoms with van der Waals surface area (Å²) < 4.78 is 0. The maximum Gasteiger partial charge on any atom is 0.121 e. The van der Waals surface area contributed by atoms with Crippen LogP contribution in [0.4, 0.5) is 5.69 Å². The maximum absolute atomic E-state index is 10.5. The number of anilines is 1. The molecule has 0 saturated heterocycles. The SMILES string of the molecule is Cc1ccc(C(O)c2ccccn2)cc1NCc1nc(C)c(C)s1. The zero-order chi connectivity index (χ0) is 17.1. The fraction of sp³-hybridized carbons (Fsp3) is 0.263. The smallest absolute Gasteiger partial charge is 0.121 e. The molecule has 3 rings (SSSR count). The Morgan fingerprint density at radius 2 is 2.00 bits per heavy atom. The van der Waals surface area contributed by atoms with E-state index in [1.165, 1.54) is 4.88 Å². The fourth-order valence-electron chi connectivity index (χ4n) is 2.49. The van der Waals surface area contributed by atoms with E-state index in [0.29, 0.717) is 12.2 Å². The number of aliphatic hydroxyl groups is 1. The number of aromatic nitrogens is 2. The van der Waals surface area contributed by atoms with Crippen molar-refractivity contribution < 1.29 is 5.11 Å². The number of pyridine rings is 1. The van der Waals surface area contributed by atoms with E-state index in [0.717, 1.165) is 27.5 Å². The number of rotatable bonds is 5. The first-order chi connectivity index (χ1) is 11.5. The van der Waals surface area contributed by atoms with Crippen LogP contribution in [-0.2, 0) is 6.54 Å². The molecule has 0 radical (unpaired) electrons. The predicted octanol–water partition coefficient (Wildman–Crippen LogP) is 4.16. The van der Waals surface area contributed by atoms with Crippen molar-refractivity contribution in [3.05, 3.63) is 75.0 Å². The Hall–Kier alpha value is -2.24. The van der Waals surface area contributed by atoms with Gasteiger partial charge in [0.15, 0.2) is 0 Å². The molecular formula is C19H21N3OS. The van der Waals surface area contributed by atoms with Crippen molar-refractivity contribution in [2.24, 2.45) is 0 Å². The first-order valence-corrected chi connectivity index (χ1v) is 8.72. The summed E-state index contributed by atoms with van der Waals surface area (Å²) in [5.41, 5.74) is 4.71. The first-order valence-electron chi connectivity index (χ1n) is 7.91. The molecule has 0 aliphatic heterocycles. The Bertz CT molecular complexity index is 810. The minimum Gasteiger partial charge on any atom is -0.382 e. The monoisotopic (exact) mass is 339 g/mol. The van der Waals surface area contributed by atoms with E-state index in [9.17, 15) is 5.11 Å². The Labute approximate surface area is 146 Å². The third-order valence-corrected chi connectivity index (χ3v) is 5.12. The van der Waals surface area contributed by atoms with Gasteiger partial charge in [-0.05, 0) is 50.1 Å². The molecule has 1 unspecified atom stereocenters. The molecule has 0 saturated carbocycles. The lowest BCUT2D eigenvalue weighted by Gasteiger charge is -2.14. The lowest BCUT2D eigenvalue weighted by molar-refractivity contribution is 0.215. The van der Waals surface area contributed by atoms with Gasteiger partial charge in [0.2, 0.25) is 0 Å². The molecule has 1 atom stereocenters. The van der Waals surface area contributed by atoms with E-state index in [1.54, 1.807) is 17.5 Å². The van der Waals surface area contributed by atoms with Crippen LogP contribution in [0.25, 0.3) is 0 Å². The lowest BCUT2D eigenvalue weighted by Crippen LogP contribution is -2.05. The minimum atomic E-state index is -0.725. The van der Waals surface area contributed by atoms with Crippen LogP contribution >= 0.6 is 11.3 Å². The van der Waals surface area contributed by atoms with E-state index < -0.39 is 6.10 Å². The van der Waals surface area contributed by atoms with Crippen LogP contribution in [-0.4, -0.2) is 15.1 Å². The van der Waals surface area contributed by atoms with Crippen LogP contribution in [0.1, 0.15) is 38.5 Å². The van der Waals surface area contributed by atoms with E-state index in [4.69, 9.17) is 0 Å². The van der Waals surface area contributed by atoms with E-state index in [2.05, 4.69) is 29.1 Å². The molecule has 0 amide bonds. The summed E-state index contributed by atoms with van der Waals surface area (Å²) >= 11 is 1.71. The third kappa shape index (κ3) is 3.63. The second-order valence-electron chi connectivity index (χ2n) is 5.83. The highest BCUT2D eigenvalue weighted by molar-refractivity contribution is 7.11. The first kappa shape index (κ1) is 16.6. The molecule has 124 valence electrons. The second-order valence-corrected chi connectivity index (χ2v) is 7.12. The quantitative estimate of drug-likeness (QED) is 0.733. The van der Waals surface area contributed by atoms with Gasteiger partial charge in [-0.15, -0.1) is 11.3 Å². The highest BCUT2D eigenvalue weighted by atomic mass is 32.1. The van der Waals surface area contributed by atoms with Crippen LogP contribution in [0.5, 0.6) is 0 Å². The zero-order valence-corrected chi connectivity index (χ0v) is 14.9. The standard InChI is InChI=1S/C19H21N3OS/c1-12-7-8-15(19(23)16-6-4-5-9-20-16)10-17(12)21-11-18-22-13(2)14(3)24-18/h4-10,19,21,23H,11H2,1-3H3. The van der Waals surface area contributed by atoms with Crippen molar-refractivity contribution in [2.75, 3.05) is 5.32 Å². The van der Waals surface area contributed by atoms with Crippen molar-refractivity contribution in [1.29, 1.82) is 0 Å². The summed E-state index contributed by atoms with van der Waals surface area (Å²) in [5, 5.41) is 15.0. The predicted molar refractivity (Wildman–Crippen MR) is 98.4 cm³/mol. The van der Waals surface area contributed by atoms with Crippen molar-refractivity contribution in [1.82, 2.24) is 9.97 Å². The number of hydrogen-bond donors (Lipinski definition) is 2. The molecule has 0 bridgehead atoms. The number of aliphatic hydroxyl groups excluding tert-OH is 1. The molecule has 3 aromatic rings. The molecular weight excluding hydrogens is 318 g/mol. The second kappa shape index (κ2) is 7.11. The lowest BCUT2D eigenvalue weighted by atomic mass is 10.0. The van der Waals surface area contributed by atoms with Crippen molar-refractivity contribution in [3.63, 3.8) is 0 Å². The highest BCUT2D eigenvalue weighted by Gasteiger charge is 2.13. The topological polar surface area (TPSA) is 58.0 Å². The summed E-state index contributed by atoms with van der Waals surface area (Å²) in [6.07, 6.45) is 0.968. The molecule has 2 N–H and O–H groups in total. The number of aryl methyl sites for hydroxylation is 3. The van der Waals surface area contributed by atoms with Gasteiger partial charge in [0.1, 0.15) is 11.1 Å². The number of nitrogens with zero attached hydrogens (tertiary/aromatic N) is 2. The largest absolute Gasteiger partial charge is 0.382 e. The van der Waals surface area contributed by atoms with Gasteiger partial charge in [-0.25, -0.2) is 4.98 Å². The Balaban J connectivity index is 1.78. The summed E-state index contributed by atoms with van der Waals surface area (Å²) in [7, 11) is 0. The molecule has 0 spiro atoms. The summed E-state index contributed by atoms with van der Waals surface area (Å²) in [5.74, 6) is 0. The summed E-state index contributed by atoms with van der Waals surface area (Å²) in [6, 6.07) is 11.5. The fourth-order valence-corrected chi connectivity index (χ4v) is 3.37. The van der Waals surface area contributed by atoms with Gasteiger partial charge in [-0.1, -0.05) is 18.2 Å². The van der Waals surface area contributed by atoms with E-state index in [-0.39, 0.29) is 0 Å². The third-order valence-electron chi connectivity index (χ3n) is 4.05. The van der Waals surface area contributed by atoms with Crippen LogP contribution in [0, 0.1) is 20.8 Å². The highest BCUT2D eigenvalue weighted by Crippen LogP contribution is 2.26. The van der Waals surface area contributed by atoms with E-state index in [1.807, 2.05) is 43.3 Å². The molecule has 1 aromatic carbocycles. The normalized spacial score (nSPS) is 12.2. The van der Waals surface area contributed by atoms with Gasteiger partial charge in [-0.2, -0.15) is 0 Å². The van der Waals surface area contributed by atoms with Crippen LogP contribution in [0.2, 0.25) is 0 Å². The molecule has 2 heterocycles.